The molecular formula is C20H32IN5O. The number of ether oxygens (including phenoxy) is 1. The van der Waals surface area contributed by atoms with Gasteiger partial charge in [0.2, 0.25) is 0 Å². The average molecular weight is 485 g/mol. The van der Waals surface area contributed by atoms with E-state index in [0.29, 0.717) is 5.41 Å². The third-order valence-electron chi connectivity index (χ3n) is 5.25. The van der Waals surface area contributed by atoms with E-state index in [9.17, 15) is 0 Å². The monoisotopic (exact) mass is 485 g/mol. The number of methoxy groups -OCH3 is 1. The van der Waals surface area contributed by atoms with Crippen molar-refractivity contribution in [1.82, 2.24) is 20.0 Å². The molecule has 1 fully saturated rings. The molecule has 1 aliphatic carbocycles. The first-order valence-electron chi connectivity index (χ1n) is 9.68. The van der Waals surface area contributed by atoms with Gasteiger partial charge in [0.15, 0.2) is 5.96 Å². The first kappa shape index (κ1) is 21.9. The number of rotatable bonds is 9. The summed E-state index contributed by atoms with van der Waals surface area (Å²) < 4.78 is 7.34. The number of aromatic nitrogens is 2. The number of fused-ring (bicyclic) bond motifs is 1. The van der Waals surface area contributed by atoms with Gasteiger partial charge in [0.25, 0.3) is 0 Å². The molecule has 150 valence electrons. The van der Waals surface area contributed by atoms with Gasteiger partial charge in [-0.15, -0.1) is 24.0 Å². The van der Waals surface area contributed by atoms with Crippen molar-refractivity contribution in [3.8, 4) is 0 Å². The maximum Gasteiger partial charge on any atom is 0.191 e. The van der Waals surface area contributed by atoms with E-state index in [1.807, 2.05) is 24.4 Å². The molecule has 0 saturated heterocycles. The molecule has 27 heavy (non-hydrogen) atoms. The molecule has 6 nitrogen and oxygen atoms in total. The zero-order valence-electron chi connectivity index (χ0n) is 16.4. The third kappa shape index (κ3) is 6.07. The molecule has 0 aromatic carbocycles. The van der Waals surface area contributed by atoms with Crippen LogP contribution in [0.1, 0.15) is 38.3 Å². The highest BCUT2D eigenvalue weighted by atomic mass is 127. The number of hydrogen-bond donors (Lipinski definition) is 2. The highest BCUT2D eigenvalue weighted by Crippen LogP contribution is 2.44. The lowest BCUT2D eigenvalue weighted by molar-refractivity contribution is 0.0778. The fourth-order valence-electron chi connectivity index (χ4n) is 3.49. The lowest BCUT2D eigenvalue weighted by Crippen LogP contribution is -2.41. The van der Waals surface area contributed by atoms with Crippen molar-refractivity contribution >= 4 is 35.6 Å². The Labute approximate surface area is 179 Å². The number of guanidine groups is 1. The van der Waals surface area contributed by atoms with Crippen LogP contribution in [0.3, 0.4) is 0 Å². The van der Waals surface area contributed by atoms with Crippen LogP contribution >= 0.6 is 24.0 Å². The van der Waals surface area contributed by atoms with Crippen molar-refractivity contribution < 1.29 is 4.74 Å². The van der Waals surface area contributed by atoms with E-state index in [1.165, 1.54) is 19.3 Å². The van der Waals surface area contributed by atoms with Crippen molar-refractivity contribution in [3.63, 3.8) is 0 Å². The molecule has 0 aliphatic heterocycles. The minimum absolute atomic E-state index is 0. The molecule has 1 aliphatic rings. The Hall–Kier alpha value is -1.35. The predicted octanol–water partition coefficient (Wildman–Crippen LogP) is 3.26. The standard InChI is InChI=1S/C20H31N5O.HI/c1-3-21-19(23-16-20(9-6-10-20)11-14-26-2)22-12-8-17-15-25-13-5-4-7-18(25)24-17;/h4-5,7,13,15H,3,6,8-12,14,16H2,1-2H3,(H2,21,22,23);1H. The predicted molar refractivity (Wildman–Crippen MR) is 121 cm³/mol. The molecule has 0 radical (unpaired) electrons. The van der Waals surface area contributed by atoms with Crippen LogP contribution in [-0.2, 0) is 11.2 Å². The van der Waals surface area contributed by atoms with Crippen molar-refractivity contribution in [2.75, 3.05) is 33.4 Å². The van der Waals surface area contributed by atoms with Crippen molar-refractivity contribution in [1.29, 1.82) is 0 Å². The zero-order valence-corrected chi connectivity index (χ0v) is 18.7. The summed E-state index contributed by atoms with van der Waals surface area (Å²) in [5.41, 5.74) is 2.43. The second-order valence-corrected chi connectivity index (χ2v) is 7.17. The van der Waals surface area contributed by atoms with Crippen LogP contribution in [-0.4, -0.2) is 48.7 Å². The SMILES string of the molecule is CCNC(=NCC1(CCOC)CCC1)NCCc1cn2ccccc2n1.I. The van der Waals surface area contributed by atoms with E-state index in [2.05, 4.69) is 33.1 Å². The number of nitrogens with zero attached hydrogens (tertiary/aromatic N) is 3. The van der Waals surface area contributed by atoms with Crippen molar-refractivity contribution in [3.05, 3.63) is 36.3 Å². The van der Waals surface area contributed by atoms with Crippen LogP contribution < -0.4 is 10.6 Å². The second-order valence-electron chi connectivity index (χ2n) is 7.17. The summed E-state index contributed by atoms with van der Waals surface area (Å²) in [7, 11) is 1.78. The number of pyridine rings is 1. The highest BCUT2D eigenvalue weighted by molar-refractivity contribution is 14.0. The fraction of sp³-hybridized carbons (Fsp3) is 0.600. The Kier molecular flexibility index (Phi) is 8.82. The first-order valence-corrected chi connectivity index (χ1v) is 9.68. The van der Waals surface area contributed by atoms with Crippen LogP contribution in [0.2, 0.25) is 0 Å². The highest BCUT2D eigenvalue weighted by Gasteiger charge is 2.36. The summed E-state index contributed by atoms with van der Waals surface area (Å²) in [4.78, 5) is 9.49. The smallest absolute Gasteiger partial charge is 0.191 e. The maximum absolute atomic E-state index is 5.28. The van der Waals surface area contributed by atoms with Crippen LogP contribution in [0.4, 0.5) is 0 Å². The summed E-state index contributed by atoms with van der Waals surface area (Å²) >= 11 is 0. The van der Waals surface area contributed by atoms with Gasteiger partial charge in [-0.25, -0.2) is 4.98 Å². The Morgan fingerprint density at radius 2 is 2.19 bits per heavy atom. The molecular weight excluding hydrogens is 453 g/mol. The van der Waals surface area contributed by atoms with Gasteiger partial charge in [0.1, 0.15) is 5.65 Å². The van der Waals surface area contributed by atoms with E-state index in [1.54, 1.807) is 7.11 Å². The Balaban J connectivity index is 0.00000261. The number of aliphatic imine (C=N–C) groups is 1. The second kappa shape index (κ2) is 10.8. The summed E-state index contributed by atoms with van der Waals surface area (Å²) in [5, 5.41) is 6.80. The number of nitrogens with one attached hydrogen (secondary N) is 2. The Morgan fingerprint density at radius 3 is 2.85 bits per heavy atom. The van der Waals surface area contributed by atoms with Gasteiger partial charge in [0, 0.05) is 52.2 Å². The molecule has 0 bridgehead atoms. The summed E-state index contributed by atoms with van der Waals surface area (Å²) in [6.07, 6.45) is 9.95. The molecule has 0 unspecified atom stereocenters. The number of halogens is 1. The minimum Gasteiger partial charge on any atom is -0.385 e. The topological polar surface area (TPSA) is 63.0 Å². The molecule has 0 atom stereocenters. The lowest BCUT2D eigenvalue weighted by Gasteiger charge is -2.40. The summed E-state index contributed by atoms with van der Waals surface area (Å²) in [6, 6.07) is 6.06. The van der Waals surface area contributed by atoms with E-state index in [4.69, 9.17) is 9.73 Å². The van der Waals surface area contributed by atoms with E-state index >= 15 is 0 Å². The van der Waals surface area contributed by atoms with Crippen molar-refractivity contribution in [2.24, 2.45) is 10.4 Å². The molecule has 3 rings (SSSR count). The molecule has 2 aromatic heterocycles. The average Bonchev–Trinajstić information content (AvgIpc) is 3.03. The summed E-state index contributed by atoms with van der Waals surface area (Å²) in [5.74, 6) is 0.903. The van der Waals surface area contributed by atoms with Gasteiger partial charge in [-0.2, -0.15) is 0 Å². The van der Waals surface area contributed by atoms with Gasteiger partial charge < -0.3 is 19.8 Å². The molecule has 2 aromatic rings. The molecule has 2 heterocycles. The molecule has 1 saturated carbocycles. The Morgan fingerprint density at radius 1 is 1.33 bits per heavy atom. The van der Waals surface area contributed by atoms with Crippen molar-refractivity contribution in [2.45, 2.75) is 39.0 Å². The maximum atomic E-state index is 5.28. The quantitative estimate of drug-likeness (QED) is 0.325. The van der Waals surface area contributed by atoms with Gasteiger partial charge in [-0.3, -0.25) is 4.99 Å². The van der Waals surface area contributed by atoms with Gasteiger partial charge >= 0.3 is 0 Å². The van der Waals surface area contributed by atoms with Crippen LogP contribution in [0, 0.1) is 5.41 Å². The third-order valence-corrected chi connectivity index (χ3v) is 5.25. The zero-order chi connectivity index (χ0) is 18.2. The summed E-state index contributed by atoms with van der Waals surface area (Å²) in [6.45, 7) is 5.49. The first-order chi connectivity index (χ1) is 12.7. The molecule has 7 heteroatoms. The van der Waals surface area contributed by atoms with E-state index in [-0.39, 0.29) is 24.0 Å². The largest absolute Gasteiger partial charge is 0.385 e. The van der Waals surface area contributed by atoms with Crippen LogP contribution in [0.15, 0.2) is 35.6 Å². The minimum atomic E-state index is 0. The molecule has 0 amide bonds. The fourth-order valence-corrected chi connectivity index (χ4v) is 3.49. The number of imidazole rings is 1. The van der Waals surface area contributed by atoms with Gasteiger partial charge in [-0.1, -0.05) is 12.5 Å². The Bertz CT molecular complexity index is 693. The van der Waals surface area contributed by atoms with E-state index < -0.39 is 0 Å². The van der Waals surface area contributed by atoms with Gasteiger partial charge in [-0.05, 0) is 43.7 Å². The van der Waals surface area contributed by atoms with E-state index in [0.717, 1.165) is 56.4 Å². The van der Waals surface area contributed by atoms with Gasteiger partial charge in [0.05, 0.1) is 5.69 Å². The lowest BCUT2D eigenvalue weighted by atomic mass is 9.67. The van der Waals surface area contributed by atoms with Crippen LogP contribution in [0.5, 0.6) is 0 Å². The van der Waals surface area contributed by atoms with Crippen LogP contribution in [0.25, 0.3) is 5.65 Å². The molecule has 2 N–H and O–H groups in total. The number of hydrogen-bond acceptors (Lipinski definition) is 3. The molecule has 0 spiro atoms. The normalized spacial score (nSPS) is 15.9.